The van der Waals surface area contributed by atoms with Gasteiger partial charge in [-0.2, -0.15) is 0 Å². The van der Waals surface area contributed by atoms with E-state index in [9.17, 15) is 4.79 Å². The maximum Gasteiger partial charge on any atom is 0.305 e. The molecule has 1 rings (SSSR count). The third-order valence-corrected chi connectivity index (χ3v) is 2.68. The maximum absolute atomic E-state index is 10.6. The summed E-state index contributed by atoms with van der Waals surface area (Å²) >= 11 is 0. The Morgan fingerprint density at radius 1 is 1.43 bits per heavy atom. The number of hydrogen-bond donors (Lipinski definition) is 1. The predicted octanol–water partition coefficient (Wildman–Crippen LogP) is 0.962. The zero-order valence-corrected chi connectivity index (χ0v) is 8.74. The Bertz CT molecular complexity index is 178. The van der Waals surface area contributed by atoms with Crippen molar-refractivity contribution in [3.63, 3.8) is 0 Å². The summed E-state index contributed by atoms with van der Waals surface area (Å²) in [6, 6.07) is 0.0535. The molecule has 1 aliphatic heterocycles. The fraction of sp³-hybridized carbons (Fsp3) is 0.900. The summed E-state index contributed by atoms with van der Waals surface area (Å²) < 4.78 is 5.05. The fourth-order valence-electron chi connectivity index (χ4n) is 1.97. The molecule has 1 saturated heterocycles. The lowest BCUT2D eigenvalue weighted by atomic mass is 10.1. The molecule has 0 saturated carbocycles. The van der Waals surface area contributed by atoms with Crippen LogP contribution in [0.4, 0.5) is 0 Å². The smallest absolute Gasteiger partial charge is 0.305 e. The third-order valence-electron chi connectivity index (χ3n) is 2.68. The summed E-state index contributed by atoms with van der Waals surface area (Å²) in [6.07, 6.45) is 3.82. The van der Waals surface area contributed by atoms with E-state index in [1.807, 2.05) is 0 Å². The van der Waals surface area contributed by atoms with E-state index in [0.717, 1.165) is 13.1 Å². The van der Waals surface area contributed by atoms with Crippen LogP contribution in [0, 0.1) is 0 Å². The standard InChI is InChI=1S/C10H19NO3/c1-14-8-9(7-10(12)13)11-5-3-2-4-6-11/h9H,2-8H2,1H3,(H,12,13). The van der Waals surface area contributed by atoms with Crippen molar-refractivity contribution < 1.29 is 14.6 Å². The molecule has 0 bridgehead atoms. The first-order chi connectivity index (χ1) is 6.74. The second-order valence-corrected chi connectivity index (χ2v) is 3.80. The van der Waals surface area contributed by atoms with Crippen LogP contribution in [0.2, 0.25) is 0 Å². The Morgan fingerprint density at radius 2 is 2.07 bits per heavy atom. The highest BCUT2D eigenvalue weighted by atomic mass is 16.5. The second kappa shape index (κ2) is 5.98. The monoisotopic (exact) mass is 201 g/mol. The number of nitrogens with zero attached hydrogens (tertiary/aromatic N) is 1. The van der Waals surface area contributed by atoms with Gasteiger partial charge < -0.3 is 9.84 Å². The summed E-state index contributed by atoms with van der Waals surface area (Å²) in [5, 5.41) is 8.76. The molecule has 0 aromatic carbocycles. The predicted molar refractivity (Wildman–Crippen MR) is 53.3 cm³/mol. The number of methoxy groups -OCH3 is 1. The number of likely N-dealkylation sites (tertiary alicyclic amines) is 1. The molecule has 0 aromatic heterocycles. The number of hydrogen-bond acceptors (Lipinski definition) is 3. The number of aliphatic carboxylic acids is 1. The molecule has 14 heavy (non-hydrogen) atoms. The minimum Gasteiger partial charge on any atom is -0.481 e. The van der Waals surface area contributed by atoms with E-state index in [4.69, 9.17) is 9.84 Å². The Labute approximate surface area is 84.8 Å². The zero-order valence-electron chi connectivity index (χ0n) is 8.74. The van der Waals surface area contributed by atoms with E-state index in [-0.39, 0.29) is 12.5 Å². The van der Waals surface area contributed by atoms with Crippen LogP contribution >= 0.6 is 0 Å². The van der Waals surface area contributed by atoms with Crippen LogP contribution in [0.25, 0.3) is 0 Å². The highest BCUT2D eigenvalue weighted by molar-refractivity contribution is 5.67. The van der Waals surface area contributed by atoms with Gasteiger partial charge in [-0.1, -0.05) is 6.42 Å². The summed E-state index contributed by atoms with van der Waals surface area (Å²) in [4.78, 5) is 12.9. The van der Waals surface area contributed by atoms with Gasteiger partial charge in [0.15, 0.2) is 0 Å². The lowest BCUT2D eigenvalue weighted by Crippen LogP contribution is -2.43. The van der Waals surface area contributed by atoms with Gasteiger partial charge in [0, 0.05) is 13.2 Å². The molecule has 0 amide bonds. The fourth-order valence-corrected chi connectivity index (χ4v) is 1.97. The van der Waals surface area contributed by atoms with E-state index in [1.165, 1.54) is 19.3 Å². The third kappa shape index (κ3) is 3.64. The van der Waals surface area contributed by atoms with Crippen molar-refractivity contribution in [2.75, 3.05) is 26.8 Å². The van der Waals surface area contributed by atoms with Gasteiger partial charge >= 0.3 is 5.97 Å². The molecule has 1 fully saturated rings. The lowest BCUT2D eigenvalue weighted by molar-refractivity contribution is -0.139. The van der Waals surface area contributed by atoms with Crippen LogP contribution < -0.4 is 0 Å². The summed E-state index contributed by atoms with van der Waals surface area (Å²) in [5.41, 5.74) is 0. The summed E-state index contributed by atoms with van der Waals surface area (Å²) in [7, 11) is 1.62. The molecule has 1 N–H and O–H groups in total. The van der Waals surface area contributed by atoms with Gasteiger partial charge in [-0.15, -0.1) is 0 Å². The van der Waals surface area contributed by atoms with Crippen LogP contribution in [-0.2, 0) is 9.53 Å². The first-order valence-corrected chi connectivity index (χ1v) is 5.19. The molecule has 1 unspecified atom stereocenters. The van der Waals surface area contributed by atoms with Crippen LogP contribution in [0.5, 0.6) is 0 Å². The van der Waals surface area contributed by atoms with Gasteiger partial charge in [-0.3, -0.25) is 9.69 Å². The first kappa shape index (κ1) is 11.5. The normalized spacial score (nSPS) is 20.6. The molecule has 0 aliphatic carbocycles. The topological polar surface area (TPSA) is 49.8 Å². The summed E-state index contributed by atoms with van der Waals surface area (Å²) in [6.45, 7) is 2.55. The lowest BCUT2D eigenvalue weighted by Gasteiger charge is -2.33. The van der Waals surface area contributed by atoms with Crippen LogP contribution in [0.3, 0.4) is 0 Å². The molecule has 4 nitrogen and oxygen atoms in total. The average molecular weight is 201 g/mol. The van der Waals surface area contributed by atoms with Gasteiger partial charge in [0.25, 0.3) is 0 Å². The van der Waals surface area contributed by atoms with Crippen LogP contribution in [0.1, 0.15) is 25.7 Å². The molecule has 1 aliphatic rings. The second-order valence-electron chi connectivity index (χ2n) is 3.80. The van der Waals surface area contributed by atoms with Crippen LogP contribution in [0.15, 0.2) is 0 Å². The molecule has 1 atom stereocenters. The van der Waals surface area contributed by atoms with Crippen molar-refractivity contribution in [2.45, 2.75) is 31.7 Å². The van der Waals surface area contributed by atoms with Gasteiger partial charge in [-0.05, 0) is 25.9 Å². The van der Waals surface area contributed by atoms with Crippen molar-refractivity contribution in [2.24, 2.45) is 0 Å². The Balaban J connectivity index is 2.42. The molecule has 0 aromatic rings. The Hall–Kier alpha value is -0.610. The van der Waals surface area contributed by atoms with E-state index >= 15 is 0 Å². The largest absolute Gasteiger partial charge is 0.481 e. The maximum atomic E-state index is 10.6. The number of ether oxygens (including phenoxy) is 1. The van der Waals surface area contributed by atoms with Crippen molar-refractivity contribution in [3.8, 4) is 0 Å². The highest BCUT2D eigenvalue weighted by Gasteiger charge is 2.22. The van der Waals surface area contributed by atoms with Crippen LogP contribution in [-0.4, -0.2) is 48.8 Å². The van der Waals surface area contributed by atoms with Gasteiger partial charge in [-0.25, -0.2) is 0 Å². The molecule has 0 radical (unpaired) electrons. The Morgan fingerprint density at radius 3 is 2.57 bits per heavy atom. The van der Waals surface area contributed by atoms with Gasteiger partial charge in [0.2, 0.25) is 0 Å². The number of piperidine rings is 1. The zero-order chi connectivity index (χ0) is 10.4. The van der Waals surface area contributed by atoms with E-state index in [0.29, 0.717) is 6.61 Å². The quantitative estimate of drug-likeness (QED) is 0.720. The number of carboxylic acid groups (broad SMARTS) is 1. The molecule has 82 valence electrons. The molecular weight excluding hydrogens is 182 g/mol. The summed E-state index contributed by atoms with van der Waals surface area (Å²) in [5.74, 6) is -0.738. The molecular formula is C10H19NO3. The van der Waals surface area contributed by atoms with Gasteiger partial charge in [0.1, 0.15) is 0 Å². The van der Waals surface area contributed by atoms with Crippen molar-refractivity contribution in [1.82, 2.24) is 4.90 Å². The van der Waals surface area contributed by atoms with E-state index in [2.05, 4.69) is 4.90 Å². The number of carboxylic acids is 1. The van der Waals surface area contributed by atoms with Crippen molar-refractivity contribution >= 4 is 5.97 Å². The molecule has 0 spiro atoms. The number of rotatable bonds is 5. The van der Waals surface area contributed by atoms with Crippen molar-refractivity contribution in [3.05, 3.63) is 0 Å². The van der Waals surface area contributed by atoms with Gasteiger partial charge in [0.05, 0.1) is 13.0 Å². The number of carbonyl (C=O) groups is 1. The Kier molecular flexibility index (Phi) is 4.90. The van der Waals surface area contributed by atoms with E-state index in [1.54, 1.807) is 7.11 Å². The highest BCUT2D eigenvalue weighted by Crippen LogP contribution is 2.14. The molecule has 1 heterocycles. The molecule has 4 heteroatoms. The minimum atomic E-state index is -0.738. The van der Waals surface area contributed by atoms with Crippen molar-refractivity contribution in [1.29, 1.82) is 0 Å². The first-order valence-electron chi connectivity index (χ1n) is 5.19. The SMILES string of the molecule is COCC(CC(=O)O)N1CCCCC1. The van der Waals surface area contributed by atoms with E-state index < -0.39 is 5.97 Å². The minimum absolute atomic E-state index is 0.0535. The average Bonchev–Trinajstić information content (AvgIpc) is 2.18.